The van der Waals surface area contributed by atoms with Gasteiger partial charge in [0.1, 0.15) is 5.69 Å². The number of pyridine rings is 1. The highest BCUT2D eigenvalue weighted by Crippen LogP contribution is 2.18. The molecule has 0 aliphatic rings. The summed E-state index contributed by atoms with van der Waals surface area (Å²) in [7, 11) is 0. The van der Waals surface area contributed by atoms with Crippen LogP contribution in [0.2, 0.25) is 0 Å². The normalized spacial score (nSPS) is 10.5. The van der Waals surface area contributed by atoms with Gasteiger partial charge in [0.25, 0.3) is 5.91 Å². The van der Waals surface area contributed by atoms with Crippen molar-refractivity contribution in [1.82, 2.24) is 9.97 Å². The van der Waals surface area contributed by atoms with Gasteiger partial charge in [0.2, 0.25) is 0 Å². The maximum Gasteiger partial charge on any atom is 0.354 e. The first-order valence-corrected chi connectivity index (χ1v) is 6.22. The molecule has 0 atom stereocenters. The van der Waals surface area contributed by atoms with Crippen molar-refractivity contribution in [2.75, 3.05) is 5.32 Å². The monoisotopic (exact) mass is 281 g/mol. The fourth-order valence-electron chi connectivity index (χ4n) is 2.08. The number of hydrogen-bond donors (Lipinski definition) is 3. The number of anilines is 1. The molecule has 0 aliphatic heterocycles. The molecule has 6 heteroatoms. The average molecular weight is 281 g/mol. The second kappa shape index (κ2) is 5.09. The Labute approximate surface area is 119 Å². The lowest BCUT2D eigenvalue weighted by Crippen LogP contribution is -2.12. The third-order valence-electron chi connectivity index (χ3n) is 3.08. The summed E-state index contributed by atoms with van der Waals surface area (Å²) in [6, 6.07) is 10.1. The molecule has 3 rings (SSSR count). The van der Waals surface area contributed by atoms with Crippen molar-refractivity contribution in [3.05, 3.63) is 60.0 Å². The van der Waals surface area contributed by atoms with Gasteiger partial charge in [0.15, 0.2) is 0 Å². The van der Waals surface area contributed by atoms with Gasteiger partial charge in [-0.2, -0.15) is 0 Å². The molecule has 1 aromatic carbocycles. The number of amides is 1. The Morgan fingerprint density at radius 1 is 1.14 bits per heavy atom. The van der Waals surface area contributed by atoms with Crippen molar-refractivity contribution in [3.63, 3.8) is 0 Å². The number of aromatic nitrogens is 2. The lowest BCUT2D eigenvalue weighted by atomic mass is 10.1. The first-order chi connectivity index (χ1) is 10.1. The lowest BCUT2D eigenvalue weighted by Gasteiger charge is -2.06. The highest BCUT2D eigenvalue weighted by molar-refractivity contribution is 6.12. The number of nitrogens with one attached hydrogen (secondary N) is 2. The molecule has 0 radical (unpaired) electrons. The Morgan fingerprint density at radius 3 is 2.71 bits per heavy atom. The highest BCUT2D eigenvalue weighted by atomic mass is 16.4. The first kappa shape index (κ1) is 12.9. The van der Waals surface area contributed by atoms with Crippen LogP contribution < -0.4 is 5.32 Å². The number of carbonyl (C=O) groups is 2. The molecule has 1 amide bonds. The lowest BCUT2D eigenvalue weighted by molar-refractivity contribution is 0.0690. The maximum atomic E-state index is 12.3. The number of fused-ring (bicyclic) bond motifs is 1. The van der Waals surface area contributed by atoms with E-state index in [0.717, 1.165) is 10.9 Å². The highest BCUT2D eigenvalue weighted by Gasteiger charge is 2.11. The van der Waals surface area contributed by atoms with Gasteiger partial charge in [-0.1, -0.05) is 6.07 Å². The zero-order valence-corrected chi connectivity index (χ0v) is 10.8. The molecule has 0 unspecified atom stereocenters. The van der Waals surface area contributed by atoms with Gasteiger partial charge in [-0.25, -0.2) is 9.78 Å². The number of nitrogens with zero attached hydrogens (tertiary/aromatic N) is 1. The van der Waals surface area contributed by atoms with Crippen LogP contribution in [0.15, 0.2) is 48.8 Å². The van der Waals surface area contributed by atoms with Gasteiger partial charge in [0.05, 0.1) is 11.9 Å². The topological polar surface area (TPSA) is 95.1 Å². The largest absolute Gasteiger partial charge is 0.477 e. The van der Waals surface area contributed by atoms with Crippen molar-refractivity contribution < 1.29 is 14.7 Å². The summed E-state index contributed by atoms with van der Waals surface area (Å²) < 4.78 is 0. The third kappa shape index (κ3) is 2.46. The summed E-state index contributed by atoms with van der Waals surface area (Å²) in [4.78, 5) is 29.8. The minimum atomic E-state index is -1.11. The molecule has 3 N–H and O–H groups in total. The van der Waals surface area contributed by atoms with Crippen molar-refractivity contribution >= 4 is 28.5 Å². The van der Waals surface area contributed by atoms with Crippen LogP contribution in [0.4, 0.5) is 5.69 Å². The molecule has 2 aromatic heterocycles. The fraction of sp³-hybridized carbons (Fsp3) is 0. The van der Waals surface area contributed by atoms with Crippen LogP contribution in [0.5, 0.6) is 0 Å². The Hall–Kier alpha value is -3.15. The molecule has 21 heavy (non-hydrogen) atoms. The number of carbonyl (C=O) groups excluding carboxylic acids is 1. The Morgan fingerprint density at radius 2 is 2.00 bits per heavy atom. The fourth-order valence-corrected chi connectivity index (χ4v) is 2.08. The molecule has 3 aromatic rings. The maximum absolute atomic E-state index is 12.3. The molecule has 0 saturated heterocycles. The molecule has 0 saturated carbocycles. The predicted octanol–water partition coefficient (Wildman–Crippen LogP) is 2.51. The van der Waals surface area contributed by atoms with Gasteiger partial charge in [-0.05, 0) is 30.3 Å². The van der Waals surface area contributed by atoms with Crippen LogP contribution in [-0.2, 0) is 0 Å². The smallest absolute Gasteiger partial charge is 0.354 e. The zero-order chi connectivity index (χ0) is 14.8. The second-order valence-corrected chi connectivity index (χ2v) is 4.44. The zero-order valence-electron chi connectivity index (χ0n) is 10.8. The van der Waals surface area contributed by atoms with E-state index in [1.54, 1.807) is 18.3 Å². The quantitative estimate of drug-likeness (QED) is 0.687. The van der Waals surface area contributed by atoms with Crippen molar-refractivity contribution in [2.45, 2.75) is 0 Å². The van der Waals surface area contributed by atoms with E-state index >= 15 is 0 Å². The van der Waals surface area contributed by atoms with E-state index in [1.165, 1.54) is 18.3 Å². The van der Waals surface area contributed by atoms with E-state index in [-0.39, 0.29) is 11.6 Å². The minimum Gasteiger partial charge on any atom is -0.477 e. The second-order valence-electron chi connectivity index (χ2n) is 4.44. The van der Waals surface area contributed by atoms with E-state index in [2.05, 4.69) is 15.3 Å². The van der Waals surface area contributed by atoms with Crippen molar-refractivity contribution in [2.24, 2.45) is 0 Å². The number of hydrogen-bond acceptors (Lipinski definition) is 3. The average Bonchev–Trinajstić information content (AvgIpc) is 2.96. The van der Waals surface area contributed by atoms with Crippen LogP contribution in [0.1, 0.15) is 20.8 Å². The molecule has 6 nitrogen and oxygen atoms in total. The van der Waals surface area contributed by atoms with E-state index < -0.39 is 5.97 Å². The number of aromatic amines is 1. The molecular weight excluding hydrogens is 270 g/mol. The van der Waals surface area contributed by atoms with Crippen LogP contribution in [0.25, 0.3) is 10.9 Å². The summed E-state index contributed by atoms with van der Waals surface area (Å²) in [6.07, 6.45) is 3.09. The minimum absolute atomic E-state index is 0.0688. The Balaban J connectivity index is 1.86. The van der Waals surface area contributed by atoms with E-state index in [1.807, 2.05) is 12.1 Å². The summed E-state index contributed by atoms with van der Waals surface area (Å²) in [6.45, 7) is 0. The summed E-state index contributed by atoms with van der Waals surface area (Å²) >= 11 is 0. The predicted molar refractivity (Wildman–Crippen MR) is 77.4 cm³/mol. The molecule has 2 heterocycles. The molecule has 0 spiro atoms. The standard InChI is InChI=1S/C15H11N3O3/c19-14(11-2-1-3-12-10(11)6-7-16-12)18-9-4-5-13(15(20)21)17-8-9/h1-8,16H,(H,18,19)(H,20,21). The number of H-pyrrole nitrogens is 1. The van der Waals surface area contributed by atoms with Crippen molar-refractivity contribution in [1.29, 1.82) is 0 Å². The molecular formula is C15H11N3O3. The summed E-state index contributed by atoms with van der Waals surface area (Å²) in [5.41, 5.74) is 1.79. The number of carboxylic acids is 1. The van der Waals surface area contributed by atoms with Crippen LogP contribution >= 0.6 is 0 Å². The SMILES string of the molecule is O=C(O)c1ccc(NC(=O)c2cccc3[nH]ccc23)cn1. The van der Waals surface area contributed by atoms with Gasteiger partial charge < -0.3 is 15.4 Å². The van der Waals surface area contributed by atoms with Gasteiger partial charge in [-0.15, -0.1) is 0 Å². The third-order valence-corrected chi connectivity index (χ3v) is 3.08. The van der Waals surface area contributed by atoms with E-state index in [9.17, 15) is 9.59 Å². The number of carboxylic acid groups (broad SMARTS) is 1. The summed E-state index contributed by atoms with van der Waals surface area (Å²) in [5, 5.41) is 12.3. The molecule has 104 valence electrons. The summed E-state index contributed by atoms with van der Waals surface area (Å²) in [5.74, 6) is -1.38. The van der Waals surface area contributed by atoms with Crippen LogP contribution in [0.3, 0.4) is 0 Å². The molecule has 0 aliphatic carbocycles. The van der Waals surface area contributed by atoms with Crippen molar-refractivity contribution in [3.8, 4) is 0 Å². The Kier molecular flexibility index (Phi) is 3.12. The van der Waals surface area contributed by atoms with Gasteiger partial charge in [0, 0.05) is 22.7 Å². The van der Waals surface area contributed by atoms with Crippen LogP contribution in [-0.4, -0.2) is 27.0 Å². The Bertz CT molecular complexity index is 822. The first-order valence-electron chi connectivity index (χ1n) is 6.22. The van der Waals surface area contributed by atoms with E-state index in [4.69, 9.17) is 5.11 Å². The van der Waals surface area contributed by atoms with E-state index in [0.29, 0.717) is 11.3 Å². The van der Waals surface area contributed by atoms with Crippen LogP contribution in [0, 0.1) is 0 Å². The molecule has 0 bridgehead atoms. The number of aromatic carboxylic acids is 1. The van der Waals surface area contributed by atoms with Gasteiger partial charge in [-0.3, -0.25) is 4.79 Å². The number of rotatable bonds is 3. The molecule has 0 fully saturated rings. The van der Waals surface area contributed by atoms with Gasteiger partial charge >= 0.3 is 5.97 Å². The number of benzene rings is 1.